The first-order valence-corrected chi connectivity index (χ1v) is 7.02. The van der Waals surface area contributed by atoms with E-state index in [9.17, 15) is 9.59 Å². The van der Waals surface area contributed by atoms with Crippen LogP contribution in [0.15, 0.2) is 18.2 Å². The Morgan fingerprint density at radius 2 is 1.95 bits per heavy atom. The van der Waals surface area contributed by atoms with Gasteiger partial charge in [-0.25, -0.2) is 0 Å². The Labute approximate surface area is 119 Å². The molecule has 0 atom stereocenters. The van der Waals surface area contributed by atoms with Gasteiger partial charge in [0.05, 0.1) is 7.11 Å². The summed E-state index contributed by atoms with van der Waals surface area (Å²) >= 11 is 0. The lowest BCUT2D eigenvalue weighted by atomic mass is 10.1. The SMILES string of the molecule is COC(=O)CN(C(=O)c1ccc2c(c1)CCC2)C(C)C. The van der Waals surface area contributed by atoms with Crippen molar-refractivity contribution in [2.75, 3.05) is 13.7 Å². The first-order chi connectivity index (χ1) is 9.52. The highest BCUT2D eigenvalue weighted by Gasteiger charge is 2.23. The number of carbonyl (C=O) groups excluding carboxylic acids is 2. The number of amides is 1. The highest BCUT2D eigenvalue weighted by Crippen LogP contribution is 2.23. The number of nitrogens with zero attached hydrogens (tertiary/aromatic N) is 1. The number of esters is 1. The van der Waals surface area contributed by atoms with Gasteiger partial charge in [-0.3, -0.25) is 9.59 Å². The van der Waals surface area contributed by atoms with Gasteiger partial charge in [-0.05, 0) is 56.4 Å². The Kier molecular flexibility index (Phi) is 4.42. The number of ether oxygens (including phenoxy) is 1. The smallest absolute Gasteiger partial charge is 0.325 e. The number of carbonyl (C=O) groups is 2. The molecule has 1 aliphatic rings. The molecule has 0 spiro atoms. The lowest BCUT2D eigenvalue weighted by molar-refractivity contribution is -0.141. The van der Waals surface area contributed by atoms with E-state index in [1.165, 1.54) is 18.2 Å². The van der Waals surface area contributed by atoms with Crippen LogP contribution in [-0.4, -0.2) is 36.5 Å². The van der Waals surface area contributed by atoms with Crippen molar-refractivity contribution in [3.05, 3.63) is 34.9 Å². The van der Waals surface area contributed by atoms with Crippen LogP contribution in [0.1, 0.15) is 41.8 Å². The zero-order valence-corrected chi connectivity index (χ0v) is 12.3. The summed E-state index contributed by atoms with van der Waals surface area (Å²) in [4.78, 5) is 25.5. The minimum absolute atomic E-state index is 0.00984. The third kappa shape index (κ3) is 3.00. The zero-order valence-electron chi connectivity index (χ0n) is 12.3. The molecule has 1 aromatic rings. The van der Waals surface area contributed by atoms with Crippen LogP contribution in [0, 0.1) is 0 Å². The van der Waals surface area contributed by atoms with Crippen LogP contribution in [0.2, 0.25) is 0 Å². The summed E-state index contributed by atoms with van der Waals surface area (Å²) in [6, 6.07) is 5.82. The van der Waals surface area contributed by atoms with Crippen molar-refractivity contribution in [3.8, 4) is 0 Å². The maximum atomic E-state index is 12.6. The van der Waals surface area contributed by atoms with E-state index < -0.39 is 5.97 Å². The van der Waals surface area contributed by atoms with E-state index in [1.807, 2.05) is 32.0 Å². The molecule has 108 valence electrons. The van der Waals surface area contributed by atoms with Crippen LogP contribution in [0.3, 0.4) is 0 Å². The lowest BCUT2D eigenvalue weighted by Crippen LogP contribution is -2.41. The fourth-order valence-electron chi connectivity index (χ4n) is 2.56. The average Bonchev–Trinajstić information content (AvgIpc) is 2.90. The predicted octanol–water partition coefficient (Wildman–Crippen LogP) is 2.20. The summed E-state index contributed by atoms with van der Waals surface area (Å²) in [5.41, 5.74) is 3.26. The Morgan fingerprint density at radius 1 is 1.25 bits per heavy atom. The predicted molar refractivity (Wildman–Crippen MR) is 76.7 cm³/mol. The highest BCUT2D eigenvalue weighted by atomic mass is 16.5. The molecule has 0 saturated heterocycles. The summed E-state index contributed by atoms with van der Waals surface area (Å²) in [6.07, 6.45) is 3.29. The fourth-order valence-corrected chi connectivity index (χ4v) is 2.56. The van der Waals surface area contributed by atoms with E-state index in [1.54, 1.807) is 4.90 Å². The van der Waals surface area contributed by atoms with Crippen LogP contribution >= 0.6 is 0 Å². The van der Waals surface area contributed by atoms with Gasteiger partial charge in [-0.1, -0.05) is 6.07 Å². The average molecular weight is 275 g/mol. The van der Waals surface area contributed by atoms with Gasteiger partial charge in [0.15, 0.2) is 0 Å². The molecule has 4 heteroatoms. The minimum Gasteiger partial charge on any atom is -0.468 e. The lowest BCUT2D eigenvalue weighted by Gasteiger charge is -2.25. The molecule has 0 saturated carbocycles. The summed E-state index contributed by atoms with van der Waals surface area (Å²) in [7, 11) is 1.33. The topological polar surface area (TPSA) is 46.6 Å². The number of hydrogen-bond donors (Lipinski definition) is 0. The monoisotopic (exact) mass is 275 g/mol. The normalized spacial score (nSPS) is 13.2. The van der Waals surface area contributed by atoms with Crippen LogP contribution in [0.5, 0.6) is 0 Å². The second-order valence-electron chi connectivity index (χ2n) is 5.44. The summed E-state index contributed by atoms with van der Waals surface area (Å²) in [5.74, 6) is -0.506. The maximum absolute atomic E-state index is 12.6. The molecule has 0 radical (unpaired) electrons. The summed E-state index contributed by atoms with van der Waals surface area (Å²) in [6.45, 7) is 3.78. The number of hydrogen-bond acceptors (Lipinski definition) is 3. The minimum atomic E-state index is -0.395. The van der Waals surface area contributed by atoms with E-state index in [4.69, 9.17) is 0 Å². The van der Waals surface area contributed by atoms with Crippen LogP contribution < -0.4 is 0 Å². The second kappa shape index (κ2) is 6.07. The molecule has 1 amide bonds. The second-order valence-corrected chi connectivity index (χ2v) is 5.44. The van der Waals surface area contributed by atoms with Gasteiger partial charge in [0, 0.05) is 11.6 Å². The van der Waals surface area contributed by atoms with Gasteiger partial charge < -0.3 is 9.64 Å². The van der Waals surface area contributed by atoms with E-state index in [0.29, 0.717) is 5.56 Å². The molecule has 0 unspecified atom stereocenters. The van der Waals surface area contributed by atoms with Crippen LogP contribution in [0.25, 0.3) is 0 Å². The molecule has 1 aromatic carbocycles. The molecule has 0 N–H and O–H groups in total. The third-order valence-corrected chi connectivity index (χ3v) is 3.76. The molecule has 20 heavy (non-hydrogen) atoms. The fraction of sp³-hybridized carbons (Fsp3) is 0.500. The first kappa shape index (κ1) is 14.6. The van der Waals surface area contributed by atoms with E-state index >= 15 is 0 Å². The molecule has 0 aromatic heterocycles. The molecule has 0 aliphatic heterocycles. The summed E-state index contributed by atoms with van der Waals surface area (Å²) < 4.78 is 4.66. The number of methoxy groups -OCH3 is 1. The Hall–Kier alpha value is -1.84. The van der Waals surface area contributed by atoms with E-state index in [-0.39, 0.29) is 18.5 Å². The van der Waals surface area contributed by atoms with Crippen molar-refractivity contribution in [1.82, 2.24) is 4.90 Å². The van der Waals surface area contributed by atoms with Crippen LogP contribution in [0.4, 0.5) is 0 Å². The van der Waals surface area contributed by atoms with Crippen molar-refractivity contribution >= 4 is 11.9 Å². The molecule has 0 fully saturated rings. The highest BCUT2D eigenvalue weighted by molar-refractivity contribution is 5.96. The quantitative estimate of drug-likeness (QED) is 0.791. The first-order valence-electron chi connectivity index (χ1n) is 7.02. The van der Waals surface area contributed by atoms with E-state index in [0.717, 1.165) is 19.3 Å². The van der Waals surface area contributed by atoms with Crippen molar-refractivity contribution in [1.29, 1.82) is 0 Å². The van der Waals surface area contributed by atoms with Crippen molar-refractivity contribution in [2.24, 2.45) is 0 Å². The molecular formula is C16H21NO3. The molecule has 0 heterocycles. The molecular weight excluding hydrogens is 254 g/mol. The van der Waals surface area contributed by atoms with Crippen molar-refractivity contribution in [3.63, 3.8) is 0 Å². The standard InChI is InChI=1S/C16H21NO3/c1-11(2)17(10-15(18)20-3)16(19)14-8-7-12-5-4-6-13(12)9-14/h7-9,11H,4-6,10H2,1-3H3. The third-order valence-electron chi connectivity index (χ3n) is 3.76. The molecule has 1 aliphatic carbocycles. The van der Waals surface area contributed by atoms with Gasteiger partial charge in [0.2, 0.25) is 0 Å². The Bertz CT molecular complexity index is 522. The number of benzene rings is 1. The van der Waals surface area contributed by atoms with Gasteiger partial charge in [0.1, 0.15) is 6.54 Å². The number of aryl methyl sites for hydroxylation is 2. The largest absolute Gasteiger partial charge is 0.468 e. The van der Waals surface area contributed by atoms with Crippen molar-refractivity contribution in [2.45, 2.75) is 39.2 Å². The zero-order chi connectivity index (χ0) is 14.7. The van der Waals surface area contributed by atoms with Gasteiger partial charge in [0.25, 0.3) is 5.91 Å². The van der Waals surface area contributed by atoms with Crippen molar-refractivity contribution < 1.29 is 14.3 Å². The molecule has 2 rings (SSSR count). The van der Waals surface area contributed by atoms with Gasteiger partial charge in [-0.2, -0.15) is 0 Å². The Morgan fingerprint density at radius 3 is 2.60 bits per heavy atom. The molecule has 0 bridgehead atoms. The van der Waals surface area contributed by atoms with Gasteiger partial charge in [-0.15, -0.1) is 0 Å². The van der Waals surface area contributed by atoms with E-state index in [2.05, 4.69) is 4.74 Å². The van der Waals surface area contributed by atoms with Gasteiger partial charge >= 0.3 is 5.97 Å². The maximum Gasteiger partial charge on any atom is 0.325 e. The van der Waals surface area contributed by atoms with Crippen LogP contribution in [-0.2, 0) is 22.4 Å². The Balaban J connectivity index is 2.21. The molecule has 4 nitrogen and oxygen atoms in total. The number of rotatable bonds is 4. The summed E-state index contributed by atoms with van der Waals surface area (Å²) in [5, 5.41) is 0. The number of fused-ring (bicyclic) bond motifs is 1.